The topological polar surface area (TPSA) is 86.6 Å². The lowest BCUT2D eigenvalue weighted by atomic mass is 10.1. The Morgan fingerprint density at radius 1 is 1.09 bits per heavy atom. The molecule has 0 radical (unpaired) electrons. The molecule has 0 aromatic heterocycles. The Morgan fingerprint density at radius 3 is 2.30 bits per heavy atom. The van der Waals surface area contributed by atoms with Crippen LogP contribution in [-0.2, 0) is 11.2 Å². The third-order valence-corrected chi connectivity index (χ3v) is 3.70. The highest BCUT2D eigenvalue weighted by Gasteiger charge is 2.22. The Kier molecular flexibility index (Phi) is 5.47. The average molecular weight is 354 g/mol. The second-order valence-electron chi connectivity index (χ2n) is 4.86. The predicted molar refractivity (Wildman–Crippen MR) is 87.2 cm³/mol. The molecule has 2 rings (SSSR count). The van der Waals surface area contributed by atoms with E-state index in [1.54, 1.807) is 12.1 Å². The van der Waals surface area contributed by atoms with Crippen molar-refractivity contribution in [2.75, 3.05) is 0 Å². The third-order valence-electron chi connectivity index (χ3n) is 3.16. The average Bonchev–Trinajstić information content (AvgIpc) is 2.48. The van der Waals surface area contributed by atoms with Crippen molar-refractivity contribution >= 4 is 35.1 Å². The molecule has 5 nitrogen and oxygen atoms in total. The number of hydrogen-bond donors (Lipinski definition) is 3. The maximum absolute atomic E-state index is 12.2. The summed E-state index contributed by atoms with van der Waals surface area (Å²) in [4.78, 5) is 23.6. The van der Waals surface area contributed by atoms with Crippen LogP contribution < -0.4 is 5.32 Å². The number of benzene rings is 2. The molecule has 0 bridgehead atoms. The van der Waals surface area contributed by atoms with Crippen molar-refractivity contribution in [1.29, 1.82) is 0 Å². The van der Waals surface area contributed by atoms with Gasteiger partial charge in [-0.1, -0.05) is 35.3 Å². The Balaban J connectivity index is 2.14. The van der Waals surface area contributed by atoms with Crippen molar-refractivity contribution in [2.24, 2.45) is 0 Å². The lowest BCUT2D eigenvalue weighted by Gasteiger charge is -2.15. The molecule has 0 saturated heterocycles. The van der Waals surface area contributed by atoms with E-state index < -0.39 is 17.9 Å². The number of rotatable bonds is 5. The zero-order chi connectivity index (χ0) is 17.0. The van der Waals surface area contributed by atoms with Crippen LogP contribution in [0, 0.1) is 0 Å². The summed E-state index contributed by atoms with van der Waals surface area (Å²) in [5, 5.41) is 21.5. The molecule has 0 saturated carbocycles. The summed E-state index contributed by atoms with van der Waals surface area (Å²) in [7, 11) is 0. The van der Waals surface area contributed by atoms with Crippen LogP contribution in [0.25, 0.3) is 0 Å². The zero-order valence-corrected chi connectivity index (χ0v) is 13.3. The van der Waals surface area contributed by atoms with Crippen LogP contribution >= 0.6 is 23.2 Å². The van der Waals surface area contributed by atoms with Crippen LogP contribution in [0.4, 0.5) is 0 Å². The Labute approximate surface area is 142 Å². The van der Waals surface area contributed by atoms with Crippen LogP contribution in [0.3, 0.4) is 0 Å². The molecule has 23 heavy (non-hydrogen) atoms. The minimum Gasteiger partial charge on any atom is -0.508 e. The number of phenols is 1. The van der Waals surface area contributed by atoms with Crippen LogP contribution in [0.15, 0.2) is 42.5 Å². The van der Waals surface area contributed by atoms with Crippen LogP contribution in [0.1, 0.15) is 15.9 Å². The van der Waals surface area contributed by atoms with Gasteiger partial charge >= 0.3 is 5.97 Å². The van der Waals surface area contributed by atoms with Gasteiger partial charge in [-0.3, -0.25) is 4.79 Å². The van der Waals surface area contributed by atoms with Crippen molar-refractivity contribution < 1.29 is 19.8 Å². The normalized spacial score (nSPS) is 11.7. The van der Waals surface area contributed by atoms with Crippen molar-refractivity contribution in [3.05, 3.63) is 63.6 Å². The maximum Gasteiger partial charge on any atom is 0.326 e. The van der Waals surface area contributed by atoms with Gasteiger partial charge in [0, 0.05) is 11.4 Å². The molecule has 7 heteroatoms. The predicted octanol–water partition coefficient (Wildman–Crippen LogP) is 3.12. The van der Waals surface area contributed by atoms with Crippen molar-refractivity contribution in [3.63, 3.8) is 0 Å². The number of carbonyl (C=O) groups excluding carboxylic acids is 1. The lowest BCUT2D eigenvalue weighted by Crippen LogP contribution is -2.42. The number of halogens is 2. The number of aliphatic carboxylic acids is 1. The highest BCUT2D eigenvalue weighted by Crippen LogP contribution is 2.21. The van der Waals surface area contributed by atoms with Gasteiger partial charge in [-0.05, 0) is 35.9 Å². The second kappa shape index (κ2) is 7.35. The van der Waals surface area contributed by atoms with Crippen molar-refractivity contribution in [3.8, 4) is 5.75 Å². The van der Waals surface area contributed by atoms with Gasteiger partial charge in [-0.15, -0.1) is 0 Å². The molecule has 0 heterocycles. The van der Waals surface area contributed by atoms with E-state index in [1.165, 1.54) is 30.3 Å². The van der Waals surface area contributed by atoms with Crippen LogP contribution in [-0.4, -0.2) is 28.1 Å². The summed E-state index contributed by atoms with van der Waals surface area (Å²) in [5.41, 5.74) is 0.811. The number of carboxylic acids is 1. The molecule has 3 N–H and O–H groups in total. The molecule has 0 spiro atoms. The quantitative estimate of drug-likeness (QED) is 0.770. The number of phenolic OH excluding ortho intramolecular Hbond substituents is 1. The molecule has 0 aliphatic rings. The molecule has 0 aliphatic carbocycles. The minimum absolute atomic E-state index is 0.0760. The SMILES string of the molecule is O=C(NC(Cc1ccc(O)cc1)C(=O)O)c1ccc(Cl)cc1Cl. The summed E-state index contributed by atoms with van der Waals surface area (Å²) in [6, 6.07) is 9.29. The molecule has 1 amide bonds. The van der Waals surface area contributed by atoms with Gasteiger partial charge in [0.05, 0.1) is 10.6 Å². The van der Waals surface area contributed by atoms with Gasteiger partial charge in [0.25, 0.3) is 5.91 Å². The lowest BCUT2D eigenvalue weighted by molar-refractivity contribution is -0.139. The molecule has 1 atom stereocenters. The first-order valence-corrected chi connectivity index (χ1v) is 7.39. The first kappa shape index (κ1) is 17.1. The molecular weight excluding hydrogens is 341 g/mol. The molecule has 0 fully saturated rings. The number of nitrogens with one attached hydrogen (secondary N) is 1. The van der Waals surface area contributed by atoms with Gasteiger partial charge in [-0.25, -0.2) is 4.79 Å². The Hall–Kier alpha value is -2.24. The van der Waals surface area contributed by atoms with Crippen LogP contribution in [0.5, 0.6) is 5.75 Å². The largest absolute Gasteiger partial charge is 0.508 e. The number of aromatic hydroxyl groups is 1. The number of carboxylic acid groups (broad SMARTS) is 1. The molecule has 2 aromatic rings. The van der Waals surface area contributed by atoms with Gasteiger partial charge in [-0.2, -0.15) is 0 Å². The van der Waals surface area contributed by atoms with Gasteiger partial charge in [0.1, 0.15) is 11.8 Å². The molecule has 1 unspecified atom stereocenters. The molecule has 0 aliphatic heterocycles. The van der Waals surface area contributed by atoms with E-state index in [0.29, 0.717) is 10.6 Å². The molecule has 120 valence electrons. The van der Waals surface area contributed by atoms with Gasteiger partial charge in [0.2, 0.25) is 0 Å². The zero-order valence-electron chi connectivity index (χ0n) is 11.8. The first-order valence-electron chi connectivity index (χ1n) is 6.63. The second-order valence-corrected chi connectivity index (χ2v) is 5.70. The third kappa shape index (κ3) is 4.61. The van der Waals surface area contributed by atoms with Gasteiger partial charge in [0.15, 0.2) is 0 Å². The summed E-state index contributed by atoms with van der Waals surface area (Å²) < 4.78 is 0. The fraction of sp³-hybridized carbons (Fsp3) is 0.125. The summed E-state index contributed by atoms with van der Waals surface area (Å²) >= 11 is 11.7. The minimum atomic E-state index is -1.17. The maximum atomic E-state index is 12.2. The number of amides is 1. The van der Waals surface area contributed by atoms with E-state index >= 15 is 0 Å². The highest BCUT2D eigenvalue weighted by atomic mass is 35.5. The Bertz CT molecular complexity index is 731. The highest BCUT2D eigenvalue weighted by molar-refractivity contribution is 6.36. The smallest absolute Gasteiger partial charge is 0.326 e. The van der Waals surface area contributed by atoms with E-state index in [1.807, 2.05) is 0 Å². The summed E-state index contributed by atoms with van der Waals surface area (Å²) in [6.07, 6.45) is 0.0760. The van der Waals surface area contributed by atoms with E-state index in [-0.39, 0.29) is 22.8 Å². The van der Waals surface area contributed by atoms with E-state index in [0.717, 1.165) is 0 Å². The van der Waals surface area contributed by atoms with E-state index in [9.17, 15) is 19.8 Å². The van der Waals surface area contributed by atoms with E-state index in [2.05, 4.69) is 5.32 Å². The monoisotopic (exact) mass is 353 g/mol. The fourth-order valence-electron chi connectivity index (χ4n) is 1.98. The molecule has 2 aromatic carbocycles. The number of hydrogen-bond acceptors (Lipinski definition) is 3. The summed E-state index contributed by atoms with van der Waals surface area (Å²) in [5.74, 6) is -1.69. The van der Waals surface area contributed by atoms with Gasteiger partial charge < -0.3 is 15.5 Å². The fourth-order valence-corrected chi connectivity index (χ4v) is 2.47. The number of carbonyl (C=O) groups is 2. The van der Waals surface area contributed by atoms with Crippen molar-refractivity contribution in [2.45, 2.75) is 12.5 Å². The molecular formula is C16H13Cl2NO4. The van der Waals surface area contributed by atoms with E-state index in [4.69, 9.17) is 23.2 Å². The summed E-state index contributed by atoms with van der Waals surface area (Å²) in [6.45, 7) is 0. The first-order chi connectivity index (χ1) is 10.9. The van der Waals surface area contributed by atoms with Crippen molar-refractivity contribution in [1.82, 2.24) is 5.32 Å². The standard InChI is InChI=1S/C16H13Cl2NO4/c17-10-3-6-12(13(18)8-10)15(21)19-14(16(22)23)7-9-1-4-11(20)5-2-9/h1-6,8,14,20H,7H2,(H,19,21)(H,22,23). The Morgan fingerprint density at radius 2 is 1.74 bits per heavy atom. The van der Waals surface area contributed by atoms with Crippen LogP contribution in [0.2, 0.25) is 10.0 Å².